The van der Waals surface area contributed by atoms with Crippen molar-refractivity contribution in [3.05, 3.63) is 65.5 Å². The van der Waals surface area contributed by atoms with E-state index in [9.17, 15) is 8.78 Å². The second kappa shape index (κ2) is 8.11. The second-order valence-corrected chi connectivity index (χ2v) is 7.44. The highest BCUT2D eigenvalue weighted by Crippen LogP contribution is 2.30. The van der Waals surface area contributed by atoms with Gasteiger partial charge in [-0.15, -0.1) is 0 Å². The Morgan fingerprint density at radius 3 is 2.70 bits per heavy atom. The predicted octanol–water partition coefficient (Wildman–Crippen LogP) is 4.12. The number of pyridine rings is 1. The Morgan fingerprint density at radius 2 is 2.00 bits per heavy atom. The third-order valence-electron chi connectivity index (χ3n) is 5.49. The van der Waals surface area contributed by atoms with Crippen LogP contribution in [-0.2, 0) is 0 Å². The molecule has 0 spiro atoms. The number of rotatable bonds is 3. The molecule has 0 saturated carbocycles. The van der Waals surface area contributed by atoms with Crippen LogP contribution >= 0.6 is 0 Å². The van der Waals surface area contributed by atoms with Crippen molar-refractivity contribution in [1.29, 1.82) is 10.7 Å². The lowest BCUT2D eigenvalue weighted by atomic mass is 9.45. The Kier molecular flexibility index (Phi) is 5.36. The normalized spacial score (nSPS) is 18.3. The molecule has 0 bridgehead atoms. The smallest absolute Gasteiger partial charge is 0.271 e. The molecule has 1 fully saturated rings. The Labute approximate surface area is 174 Å². The average molecular weight is 403 g/mol. The summed E-state index contributed by atoms with van der Waals surface area (Å²) >= 11 is 0. The molecule has 1 aromatic carbocycles. The molecule has 8 heteroatoms. The maximum atomic E-state index is 14.9. The van der Waals surface area contributed by atoms with Crippen LogP contribution in [0.25, 0.3) is 16.5 Å². The van der Waals surface area contributed by atoms with Crippen LogP contribution in [0, 0.1) is 22.5 Å². The zero-order valence-corrected chi connectivity index (χ0v) is 16.5. The summed E-state index contributed by atoms with van der Waals surface area (Å²) in [6, 6.07) is 6.88. The van der Waals surface area contributed by atoms with E-state index in [1.165, 1.54) is 18.3 Å². The Balaban J connectivity index is 1.68. The third-order valence-corrected chi connectivity index (χ3v) is 5.49. The van der Waals surface area contributed by atoms with E-state index in [0.29, 0.717) is 22.2 Å². The van der Waals surface area contributed by atoms with Crippen molar-refractivity contribution in [1.82, 2.24) is 10.3 Å². The van der Waals surface area contributed by atoms with E-state index in [-0.39, 0.29) is 17.9 Å². The molecule has 2 heterocycles. The number of benzene rings is 1. The first kappa shape index (κ1) is 19.8. The molecule has 2 aliphatic rings. The van der Waals surface area contributed by atoms with E-state index >= 15 is 0 Å². The van der Waals surface area contributed by atoms with Crippen LogP contribution in [0.15, 0.2) is 54.0 Å². The van der Waals surface area contributed by atoms with E-state index in [2.05, 4.69) is 21.2 Å². The standard InChI is InChI=1S/C22H20BF2N5/c1-28-12-16-8-15(10-18(24)21(16)27)20-3-2-14-9-17(11-19(25)22(14)29-20)30-6-4-23(13-26)5-7-30/h2-3,8-12,27-28H,4-7H2,1H3/b16-12-,27-21?. The minimum absolute atomic E-state index is 0.0660. The number of fused-ring (bicyclic) bond motifs is 1. The molecule has 1 aromatic heterocycles. The maximum Gasteiger partial charge on any atom is 0.271 e. The highest BCUT2D eigenvalue weighted by molar-refractivity contribution is 6.67. The van der Waals surface area contributed by atoms with Crippen LogP contribution in [0.2, 0.25) is 12.6 Å². The van der Waals surface area contributed by atoms with Gasteiger partial charge in [-0.3, -0.25) is 5.41 Å². The van der Waals surface area contributed by atoms with Gasteiger partial charge in [0.15, 0.2) is 5.82 Å². The molecule has 0 radical (unpaired) electrons. The molecule has 0 unspecified atom stereocenters. The summed E-state index contributed by atoms with van der Waals surface area (Å²) in [6.07, 6.45) is 5.99. The second-order valence-electron chi connectivity index (χ2n) is 7.44. The Hall–Kier alpha value is -3.47. The number of hydrogen-bond acceptors (Lipinski definition) is 5. The number of nitrogens with zero attached hydrogens (tertiary/aromatic N) is 3. The van der Waals surface area contributed by atoms with Gasteiger partial charge in [0.05, 0.1) is 11.4 Å². The van der Waals surface area contributed by atoms with Gasteiger partial charge in [0.2, 0.25) is 0 Å². The molecule has 0 amide bonds. The van der Waals surface area contributed by atoms with Crippen LogP contribution < -0.4 is 10.2 Å². The lowest BCUT2D eigenvalue weighted by Crippen LogP contribution is -2.36. The van der Waals surface area contributed by atoms with Crippen molar-refractivity contribution in [3.8, 4) is 5.97 Å². The van der Waals surface area contributed by atoms with Crippen molar-refractivity contribution < 1.29 is 8.78 Å². The van der Waals surface area contributed by atoms with Crippen molar-refractivity contribution in [2.45, 2.75) is 12.6 Å². The molecular weight excluding hydrogens is 383 g/mol. The summed E-state index contributed by atoms with van der Waals surface area (Å²) in [5, 5.41) is 20.3. The lowest BCUT2D eigenvalue weighted by molar-refractivity contribution is 0.635. The molecule has 5 nitrogen and oxygen atoms in total. The molecular formula is C22H20BF2N5. The number of nitriles is 1. The van der Waals surface area contributed by atoms with E-state index in [4.69, 9.17) is 10.7 Å². The number of hydrogen-bond donors (Lipinski definition) is 2. The fraction of sp³-hybridized carbons (Fsp3) is 0.227. The highest BCUT2D eigenvalue weighted by Gasteiger charge is 2.24. The van der Waals surface area contributed by atoms with Crippen molar-refractivity contribution in [3.63, 3.8) is 0 Å². The van der Waals surface area contributed by atoms with Crippen molar-refractivity contribution >= 4 is 34.6 Å². The zero-order chi connectivity index (χ0) is 21.3. The van der Waals surface area contributed by atoms with Crippen LogP contribution in [0.4, 0.5) is 14.5 Å². The monoisotopic (exact) mass is 403 g/mol. The molecule has 1 aliphatic carbocycles. The van der Waals surface area contributed by atoms with Crippen molar-refractivity contribution in [2.75, 3.05) is 25.0 Å². The lowest BCUT2D eigenvalue weighted by Gasteiger charge is -2.30. The maximum absolute atomic E-state index is 14.9. The van der Waals surface area contributed by atoms with Gasteiger partial charge in [-0.25, -0.2) is 19.0 Å². The first-order chi connectivity index (χ1) is 14.5. The van der Waals surface area contributed by atoms with E-state index in [1.54, 1.807) is 25.3 Å². The summed E-state index contributed by atoms with van der Waals surface area (Å²) in [6.45, 7) is 1.51. The fourth-order valence-corrected chi connectivity index (χ4v) is 3.83. The van der Waals surface area contributed by atoms with Crippen molar-refractivity contribution in [2.24, 2.45) is 0 Å². The largest absolute Gasteiger partial charge is 0.393 e. The van der Waals surface area contributed by atoms with Gasteiger partial charge in [-0.2, -0.15) is 0 Å². The molecule has 2 aromatic rings. The number of aromatic nitrogens is 1. The van der Waals surface area contributed by atoms with Crippen LogP contribution in [-0.4, -0.2) is 37.5 Å². The number of halogens is 2. The SMILES string of the molecule is CN/C=C1/C=C(c2ccc3cc(N4CCB(C#N)CC4)cc(F)c3n2)C=C(F)C1=N. The molecule has 2 N–H and O–H groups in total. The van der Waals surface area contributed by atoms with Crippen LogP contribution in [0.5, 0.6) is 0 Å². The fourth-order valence-electron chi connectivity index (χ4n) is 3.83. The molecule has 0 atom stereocenters. The van der Waals surface area contributed by atoms with Crippen LogP contribution in [0.3, 0.4) is 0 Å². The van der Waals surface area contributed by atoms with Gasteiger partial charge in [0.1, 0.15) is 11.3 Å². The first-order valence-corrected chi connectivity index (χ1v) is 9.81. The van der Waals surface area contributed by atoms with Crippen LogP contribution in [0.1, 0.15) is 5.69 Å². The predicted molar refractivity (Wildman–Crippen MR) is 117 cm³/mol. The Bertz CT molecular complexity index is 1150. The van der Waals surface area contributed by atoms with Gasteiger partial charge in [0.25, 0.3) is 6.71 Å². The number of nitrogens with one attached hydrogen (secondary N) is 2. The average Bonchev–Trinajstić information content (AvgIpc) is 2.76. The molecule has 150 valence electrons. The number of allylic oxidation sites excluding steroid dienone is 5. The topological polar surface area (TPSA) is 75.8 Å². The summed E-state index contributed by atoms with van der Waals surface area (Å²) < 4.78 is 29.1. The Morgan fingerprint density at radius 1 is 1.23 bits per heavy atom. The quantitative estimate of drug-likeness (QED) is 0.756. The number of anilines is 1. The molecule has 4 rings (SSSR count). The summed E-state index contributed by atoms with van der Waals surface area (Å²) in [5.41, 5.74) is 2.11. The summed E-state index contributed by atoms with van der Waals surface area (Å²) in [7, 11) is 1.67. The van der Waals surface area contributed by atoms with E-state index in [0.717, 1.165) is 31.4 Å². The minimum atomic E-state index is -0.660. The molecule has 30 heavy (non-hydrogen) atoms. The van der Waals surface area contributed by atoms with E-state index in [1.807, 2.05) is 6.07 Å². The summed E-state index contributed by atoms with van der Waals surface area (Å²) in [5.74, 6) is 1.20. The van der Waals surface area contributed by atoms with E-state index < -0.39 is 11.6 Å². The minimum Gasteiger partial charge on any atom is -0.393 e. The molecule has 1 aliphatic heterocycles. The third kappa shape index (κ3) is 3.71. The van der Waals surface area contributed by atoms with Gasteiger partial charge in [-0.1, -0.05) is 6.07 Å². The first-order valence-electron chi connectivity index (χ1n) is 9.81. The highest BCUT2D eigenvalue weighted by atomic mass is 19.1. The van der Waals surface area contributed by atoms with Gasteiger partial charge < -0.3 is 10.2 Å². The molecule has 1 saturated heterocycles. The zero-order valence-electron chi connectivity index (χ0n) is 16.5. The van der Waals surface area contributed by atoms with Gasteiger partial charge >= 0.3 is 0 Å². The van der Waals surface area contributed by atoms with Gasteiger partial charge in [0, 0.05) is 54.5 Å². The van der Waals surface area contributed by atoms with Gasteiger partial charge in [-0.05, 0) is 43.0 Å². The summed E-state index contributed by atoms with van der Waals surface area (Å²) in [4.78, 5) is 6.52.